The van der Waals surface area contributed by atoms with Gasteiger partial charge in [-0.15, -0.1) is 24.0 Å². The van der Waals surface area contributed by atoms with Crippen LogP contribution in [0.25, 0.3) is 0 Å². The minimum atomic E-state index is 0. The van der Waals surface area contributed by atoms with Crippen LogP contribution in [-0.4, -0.2) is 50.3 Å². The molecule has 1 N–H and O–H groups in total. The van der Waals surface area contributed by atoms with Gasteiger partial charge in [-0.25, -0.2) is 0 Å². The molecule has 1 aromatic heterocycles. The molecule has 130 valence electrons. The SMILES string of the molecule is CCNC(=NCC(C)c1ccsc1)N1CCC2(CCOC2)C1.I. The number of hydrogen-bond acceptors (Lipinski definition) is 3. The number of thiophene rings is 1. The van der Waals surface area contributed by atoms with Gasteiger partial charge in [-0.05, 0) is 42.2 Å². The van der Waals surface area contributed by atoms with E-state index in [1.807, 2.05) is 0 Å². The van der Waals surface area contributed by atoms with Crippen molar-refractivity contribution >= 4 is 41.3 Å². The van der Waals surface area contributed by atoms with Crippen molar-refractivity contribution in [2.45, 2.75) is 32.6 Å². The minimum absolute atomic E-state index is 0. The molecule has 0 bridgehead atoms. The number of likely N-dealkylation sites (tertiary alicyclic amines) is 1. The Morgan fingerprint density at radius 2 is 2.39 bits per heavy atom. The van der Waals surface area contributed by atoms with E-state index in [1.165, 1.54) is 18.4 Å². The van der Waals surface area contributed by atoms with Gasteiger partial charge in [-0.1, -0.05) is 6.92 Å². The van der Waals surface area contributed by atoms with Crippen LogP contribution in [-0.2, 0) is 4.74 Å². The fourth-order valence-electron chi connectivity index (χ4n) is 3.40. The molecule has 0 amide bonds. The average Bonchev–Trinajstić information content (AvgIpc) is 3.27. The number of hydrogen-bond donors (Lipinski definition) is 1. The van der Waals surface area contributed by atoms with Gasteiger partial charge in [0.15, 0.2) is 5.96 Å². The van der Waals surface area contributed by atoms with Gasteiger partial charge in [0.2, 0.25) is 0 Å². The molecule has 23 heavy (non-hydrogen) atoms. The van der Waals surface area contributed by atoms with E-state index in [-0.39, 0.29) is 24.0 Å². The quantitative estimate of drug-likeness (QED) is 0.434. The second kappa shape index (κ2) is 8.67. The average molecular weight is 449 g/mol. The lowest BCUT2D eigenvalue weighted by atomic mass is 9.87. The van der Waals surface area contributed by atoms with Gasteiger partial charge in [0.25, 0.3) is 0 Å². The van der Waals surface area contributed by atoms with Crippen molar-refractivity contribution in [2.24, 2.45) is 10.4 Å². The highest BCUT2D eigenvalue weighted by atomic mass is 127. The Kier molecular flexibility index (Phi) is 7.16. The maximum atomic E-state index is 5.63. The minimum Gasteiger partial charge on any atom is -0.381 e. The van der Waals surface area contributed by atoms with Gasteiger partial charge in [0, 0.05) is 44.1 Å². The third-order valence-corrected chi connectivity index (χ3v) is 5.59. The zero-order valence-corrected chi connectivity index (χ0v) is 17.2. The van der Waals surface area contributed by atoms with Gasteiger partial charge in [0.1, 0.15) is 0 Å². The normalized spacial score (nSPS) is 25.7. The van der Waals surface area contributed by atoms with Gasteiger partial charge < -0.3 is 15.0 Å². The molecule has 3 heterocycles. The first-order valence-electron chi connectivity index (χ1n) is 8.35. The molecule has 1 aromatic rings. The Morgan fingerprint density at radius 3 is 3.04 bits per heavy atom. The maximum absolute atomic E-state index is 5.63. The lowest BCUT2D eigenvalue weighted by Gasteiger charge is -2.25. The first-order chi connectivity index (χ1) is 10.7. The van der Waals surface area contributed by atoms with Gasteiger partial charge in [-0.2, -0.15) is 11.3 Å². The van der Waals surface area contributed by atoms with Gasteiger partial charge >= 0.3 is 0 Å². The van der Waals surface area contributed by atoms with Crippen LogP contribution in [0, 0.1) is 5.41 Å². The molecule has 6 heteroatoms. The van der Waals surface area contributed by atoms with Crippen molar-refractivity contribution in [3.8, 4) is 0 Å². The van der Waals surface area contributed by atoms with Crippen molar-refractivity contribution in [1.82, 2.24) is 10.2 Å². The first kappa shape index (κ1) is 19.0. The van der Waals surface area contributed by atoms with Crippen molar-refractivity contribution < 1.29 is 4.74 Å². The van der Waals surface area contributed by atoms with Crippen LogP contribution in [0.4, 0.5) is 0 Å². The molecule has 2 aliphatic rings. The summed E-state index contributed by atoms with van der Waals surface area (Å²) in [7, 11) is 0. The highest BCUT2D eigenvalue weighted by molar-refractivity contribution is 14.0. The molecule has 4 nitrogen and oxygen atoms in total. The zero-order chi connectivity index (χ0) is 15.4. The third kappa shape index (κ3) is 4.60. The van der Waals surface area contributed by atoms with Crippen LogP contribution in [0.3, 0.4) is 0 Å². The molecule has 2 atom stereocenters. The van der Waals surface area contributed by atoms with Crippen LogP contribution in [0.15, 0.2) is 21.8 Å². The molecule has 2 saturated heterocycles. The van der Waals surface area contributed by atoms with E-state index in [0.29, 0.717) is 11.3 Å². The molecule has 3 rings (SSSR count). The number of nitrogens with zero attached hydrogens (tertiary/aromatic N) is 2. The van der Waals surface area contributed by atoms with E-state index in [2.05, 4.69) is 40.9 Å². The summed E-state index contributed by atoms with van der Waals surface area (Å²) in [6.07, 6.45) is 2.44. The Hall–Kier alpha value is -0.340. The van der Waals surface area contributed by atoms with Gasteiger partial charge in [-0.3, -0.25) is 4.99 Å². The number of halogens is 1. The lowest BCUT2D eigenvalue weighted by Crippen LogP contribution is -2.41. The standard InChI is InChI=1S/C17H27N3OS.HI/c1-3-18-16(19-10-14(2)15-4-9-22-11-15)20-7-5-17(12-20)6-8-21-13-17;/h4,9,11,14H,3,5-8,10,12-13H2,1-2H3,(H,18,19);1H. The summed E-state index contributed by atoms with van der Waals surface area (Å²) in [5, 5.41) is 7.84. The predicted octanol–water partition coefficient (Wildman–Crippen LogP) is 3.55. The van der Waals surface area contributed by atoms with E-state index in [0.717, 1.165) is 45.4 Å². The molecule has 2 fully saturated rings. The number of guanidine groups is 1. The first-order valence-corrected chi connectivity index (χ1v) is 9.30. The fraction of sp³-hybridized carbons (Fsp3) is 0.706. The van der Waals surface area contributed by atoms with Crippen LogP contribution in [0.2, 0.25) is 0 Å². The zero-order valence-electron chi connectivity index (χ0n) is 14.1. The Balaban J connectivity index is 0.00000192. The summed E-state index contributed by atoms with van der Waals surface area (Å²) in [5.41, 5.74) is 1.78. The summed E-state index contributed by atoms with van der Waals surface area (Å²) in [5.74, 6) is 1.56. The van der Waals surface area contributed by atoms with Gasteiger partial charge in [0.05, 0.1) is 6.61 Å². The molecule has 2 aliphatic heterocycles. The largest absolute Gasteiger partial charge is 0.381 e. The van der Waals surface area contributed by atoms with E-state index < -0.39 is 0 Å². The van der Waals surface area contributed by atoms with Crippen LogP contribution >= 0.6 is 35.3 Å². The predicted molar refractivity (Wildman–Crippen MR) is 108 cm³/mol. The maximum Gasteiger partial charge on any atom is 0.193 e. The van der Waals surface area contributed by atoms with E-state index in [9.17, 15) is 0 Å². The molecular formula is C17H28IN3OS. The number of nitrogens with one attached hydrogen (secondary N) is 1. The molecule has 0 aliphatic carbocycles. The Labute approximate surface area is 160 Å². The molecule has 2 unspecified atom stereocenters. The molecular weight excluding hydrogens is 421 g/mol. The Morgan fingerprint density at radius 1 is 1.52 bits per heavy atom. The fourth-order valence-corrected chi connectivity index (χ4v) is 4.18. The number of rotatable bonds is 4. The second-order valence-electron chi connectivity index (χ2n) is 6.63. The number of aliphatic imine (C=N–C) groups is 1. The van der Waals surface area contributed by atoms with Crippen molar-refractivity contribution in [2.75, 3.05) is 39.4 Å². The smallest absolute Gasteiger partial charge is 0.193 e. The third-order valence-electron chi connectivity index (χ3n) is 4.88. The molecule has 0 saturated carbocycles. The van der Waals surface area contributed by atoms with Crippen LogP contribution in [0.5, 0.6) is 0 Å². The Bertz CT molecular complexity index is 500. The summed E-state index contributed by atoms with van der Waals surface area (Å²) in [6, 6.07) is 2.21. The summed E-state index contributed by atoms with van der Waals surface area (Å²) < 4.78 is 5.63. The van der Waals surface area contributed by atoms with E-state index in [1.54, 1.807) is 11.3 Å². The van der Waals surface area contributed by atoms with Crippen molar-refractivity contribution in [1.29, 1.82) is 0 Å². The van der Waals surface area contributed by atoms with E-state index >= 15 is 0 Å². The summed E-state index contributed by atoms with van der Waals surface area (Å²) in [6.45, 7) is 10.2. The van der Waals surface area contributed by atoms with Crippen molar-refractivity contribution in [3.63, 3.8) is 0 Å². The monoisotopic (exact) mass is 449 g/mol. The highest BCUT2D eigenvalue weighted by Gasteiger charge is 2.42. The summed E-state index contributed by atoms with van der Waals surface area (Å²) >= 11 is 1.76. The molecule has 0 radical (unpaired) electrons. The molecule has 1 spiro atoms. The number of ether oxygens (including phenoxy) is 1. The summed E-state index contributed by atoms with van der Waals surface area (Å²) in [4.78, 5) is 7.33. The topological polar surface area (TPSA) is 36.9 Å². The lowest BCUT2D eigenvalue weighted by molar-refractivity contribution is 0.156. The molecule has 0 aromatic carbocycles. The highest BCUT2D eigenvalue weighted by Crippen LogP contribution is 2.38. The van der Waals surface area contributed by atoms with Crippen LogP contribution in [0.1, 0.15) is 38.2 Å². The van der Waals surface area contributed by atoms with Crippen molar-refractivity contribution in [3.05, 3.63) is 22.4 Å². The van der Waals surface area contributed by atoms with E-state index in [4.69, 9.17) is 9.73 Å². The van der Waals surface area contributed by atoms with Crippen LogP contribution < -0.4 is 5.32 Å². The second-order valence-corrected chi connectivity index (χ2v) is 7.41.